The first-order valence-electron chi connectivity index (χ1n) is 9.23. The molecule has 0 saturated carbocycles. The Kier molecular flexibility index (Phi) is 6.15. The first kappa shape index (κ1) is 20.3. The van der Waals surface area contributed by atoms with Crippen LogP contribution in [0.1, 0.15) is 55.4 Å². The van der Waals surface area contributed by atoms with Crippen molar-refractivity contribution in [1.82, 2.24) is 0 Å². The highest BCUT2D eigenvalue weighted by Gasteiger charge is 2.60. The molecule has 2 rings (SSSR count). The average Bonchev–Trinajstić information content (AvgIpc) is 2.77. The molecule has 0 amide bonds. The number of hydrogen-bond acceptors (Lipinski definition) is 5. The van der Waals surface area contributed by atoms with Crippen molar-refractivity contribution < 1.29 is 22.5 Å². The molecule has 2 fully saturated rings. The van der Waals surface area contributed by atoms with Crippen molar-refractivity contribution in [2.24, 2.45) is 0 Å². The van der Waals surface area contributed by atoms with E-state index in [0.29, 0.717) is 17.7 Å². The minimum absolute atomic E-state index is 0.0219. The molecule has 0 spiro atoms. The Labute approximate surface area is 148 Å². The van der Waals surface area contributed by atoms with Gasteiger partial charge in [0.15, 0.2) is 5.78 Å². The first-order valence-corrected chi connectivity index (χ1v) is 13.2. The van der Waals surface area contributed by atoms with Gasteiger partial charge in [-0.2, -0.15) is 0 Å². The minimum Gasteiger partial charge on any atom is -0.414 e. The van der Waals surface area contributed by atoms with Gasteiger partial charge < -0.3 is 17.7 Å². The molecule has 24 heavy (non-hydrogen) atoms. The van der Waals surface area contributed by atoms with E-state index in [0.717, 1.165) is 0 Å². The molecule has 2 heterocycles. The van der Waals surface area contributed by atoms with Gasteiger partial charge in [-0.25, -0.2) is 0 Å². The van der Waals surface area contributed by atoms with Crippen molar-refractivity contribution >= 4 is 22.9 Å². The van der Waals surface area contributed by atoms with Crippen molar-refractivity contribution in [2.45, 2.75) is 89.8 Å². The van der Waals surface area contributed by atoms with Crippen LogP contribution in [0.2, 0.25) is 22.2 Å². The SMILES string of the molecule is CC(C)[Si]1(C(C)C)OC[C@H]2OCC(=O)[C@@H]2O[Si](C(C)C)(C(C)C)O1. The van der Waals surface area contributed by atoms with Crippen molar-refractivity contribution in [2.75, 3.05) is 13.2 Å². The standard InChI is InChI=1S/C17H34O5Si2/c1-11(2)23(12(3)4)20-10-16-17(15(18)9-19-16)21-24(22-23,13(5)6)14(7)8/h11-14,16-17H,9-10H2,1-8H3/t16-,17+/m1/s1. The van der Waals surface area contributed by atoms with E-state index in [2.05, 4.69) is 55.4 Å². The maximum Gasteiger partial charge on any atom is 0.335 e. The molecule has 140 valence electrons. The van der Waals surface area contributed by atoms with E-state index in [9.17, 15) is 4.79 Å². The maximum atomic E-state index is 12.3. The number of rotatable bonds is 4. The van der Waals surface area contributed by atoms with Gasteiger partial charge in [-0.1, -0.05) is 55.4 Å². The fourth-order valence-electron chi connectivity index (χ4n) is 3.97. The summed E-state index contributed by atoms with van der Waals surface area (Å²) in [5.74, 6) is 0.0219. The number of ketones is 1. The number of ether oxygens (including phenoxy) is 1. The molecule has 2 aliphatic heterocycles. The van der Waals surface area contributed by atoms with Crippen LogP contribution in [0, 0.1) is 0 Å². The molecule has 7 heteroatoms. The largest absolute Gasteiger partial charge is 0.414 e. The zero-order chi connectivity index (χ0) is 18.3. The first-order chi connectivity index (χ1) is 11.1. The third kappa shape index (κ3) is 3.31. The quantitative estimate of drug-likeness (QED) is 0.698. The molecule has 2 saturated heterocycles. The highest BCUT2D eigenvalue weighted by atomic mass is 28.5. The normalized spacial score (nSPS) is 30.1. The summed E-state index contributed by atoms with van der Waals surface area (Å²) in [4.78, 5) is 12.3. The Morgan fingerprint density at radius 2 is 1.38 bits per heavy atom. The summed E-state index contributed by atoms with van der Waals surface area (Å²) >= 11 is 0. The molecule has 0 aromatic heterocycles. The number of hydrogen-bond donors (Lipinski definition) is 0. The lowest BCUT2D eigenvalue weighted by Crippen LogP contribution is -2.65. The second kappa shape index (κ2) is 7.28. The summed E-state index contributed by atoms with van der Waals surface area (Å²) in [7, 11) is -5.19. The third-order valence-electron chi connectivity index (χ3n) is 5.42. The maximum absolute atomic E-state index is 12.3. The van der Waals surface area contributed by atoms with E-state index in [4.69, 9.17) is 17.7 Å². The molecule has 2 atom stereocenters. The van der Waals surface area contributed by atoms with E-state index in [1.165, 1.54) is 0 Å². The molecule has 0 aliphatic carbocycles. The molecule has 0 aromatic carbocycles. The van der Waals surface area contributed by atoms with Crippen LogP contribution in [0.4, 0.5) is 0 Å². The van der Waals surface area contributed by atoms with Gasteiger partial charge in [0.1, 0.15) is 18.8 Å². The lowest BCUT2D eigenvalue weighted by Gasteiger charge is -2.50. The molecule has 5 nitrogen and oxygen atoms in total. The molecule has 0 N–H and O–H groups in total. The average molecular weight is 375 g/mol. The number of carbonyl (C=O) groups excluding carboxylic acids is 1. The van der Waals surface area contributed by atoms with Gasteiger partial charge in [0, 0.05) is 0 Å². The Balaban J connectivity index is 2.53. The van der Waals surface area contributed by atoms with Crippen LogP contribution in [0.25, 0.3) is 0 Å². The smallest absolute Gasteiger partial charge is 0.335 e. The molecule has 2 aliphatic rings. The Bertz CT molecular complexity index is 448. The molecule has 0 bridgehead atoms. The summed E-state index contributed by atoms with van der Waals surface area (Å²) in [6.07, 6.45) is -0.831. The number of Topliss-reactive ketones (excluding diaryl/α,β-unsaturated/α-hetero) is 1. The number of carbonyl (C=O) groups is 1. The van der Waals surface area contributed by atoms with Gasteiger partial charge in [0.05, 0.1) is 6.61 Å². The summed E-state index contributed by atoms with van der Waals surface area (Å²) in [5.41, 5.74) is 1.08. The lowest BCUT2D eigenvalue weighted by molar-refractivity contribution is -0.124. The summed E-state index contributed by atoms with van der Waals surface area (Å²) in [6, 6.07) is 0. The van der Waals surface area contributed by atoms with Gasteiger partial charge in [0.25, 0.3) is 0 Å². The van der Waals surface area contributed by atoms with Crippen molar-refractivity contribution in [3.63, 3.8) is 0 Å². The van der Waals surface area contributed by atoms with Gasteiger partial charge in [-0.05, 0) is 22.2 Å². The van der Waals surface area contributed by atoms with Gasteiger partial charge >= 0.3 is 17.1 Å². The highest BCUT2D eigenvalue weighted by molar-refractivity contribution is 6.84. The van der Waals surface area contributed by atoms with Crippen LogP contribution in [0.3, 0.4) is 0 Å². The van der Waals surface area contributed by atoms with Crippen LogP contribution in [0.15, 0.2) is 0 Å². The lowest BCUT2D eigenvalue weighted by atomic mass is 10.2. The Morgan fingerprint density at radius 3 is 1.83 bits per heavy atom. The fraction of sp³-hybridized carbons (Fsp3) is 0.941. The van der Waals surface area contributed by atoms with E-state index in [1.54, 1.807) is 0 Å². The molecule has 0 aromatic rings. The van der Waals surface area contributed by atoms with Crippen molar-refractivity contribution in [3.8, 4) is 0 Å². The Hall–Kier alpha value is -0.0562. The molecule has 0 unspecified atom stereocenters. The van der Waals surface area contributed by atoms with Crippen LogP contribution in [0.5, 0.6) is 0 Å². The highest BCUT2D eigenvalue weighted by Crippen LogP contribution is 2.46. The van der Waals surface area contributed by atoms with E-state index >= 15 is 0 Å². The predicted molar refractivity (Wildman–Crippen MR) is 98.6 cm³/mol. The predicted octanol–water partition coefficient (Wildman–Crippen LogP) is 3.91. The van der Waals surface area contributed by atoms with Crippen LogP contribution in [-0.4, -0.2) is 48.3 Å². The van der Waals surface area contributed by atoms with Crippen molar-refractivity contribution in [3.05, 3.63) is 0 Å². The van der Waals surface area contributed by atoms with Gasteiger partial charge in [-0.3, -0.25) is 4.79 Å². The van der Waals surface area contributed by atoms with Gasteiger partial charge in [-0.15, -0.1) is 0 Å². The molecular formula is C17H34O5Si2. The minimum atomic E-state index is -2.67. The summed E-state index contributed by atoms with van der Waals surface area (Å²) < 4.78 is 25.8. The molecular weight excluding hydrogens is 340 g/mol. The van der Waals surface area contributed by atoms with Gasteiger partial charge in [0.2, 0.25) is 0 Å². The fourth-order valence-corrected chi connectivity index (χ4v) is 15.1. The second-order valence-corrected chi connectivity index (χ2v) is 17.2. The van der Waals surface area contributed by atoms with E-state index in [1.807, 2.05) is 0 Å². The van der Waals surface area contributed by atoms with Crippen LogP contribution in [-0.2, 0) is 22.5 Å². The van der Waals surface area contributed by atoms with Crippen LogP contribution < -0.4 is 0 Å². The zero-order valence-electron chi connectivity index (χ0n) is 16.4. The summed E-state index contributed by atoms with van der Waals surface area (Å²) in [6.45, 7) is 17.9. The monoisotopic (exact) mass is 374 g/mol. The van der Waals surface area contributed by atoms with Crippen molar-refractivity contribution in [1.29, 1.82) is 0 Å². The zero-order valence-corrected chi connectivity index (χ0v) is 18.4. The van der Waals surface area contributed by atoms with Crippen LogP contribution >= 0.6 is 0 Å². The van der Waals surface area contributed by atoms with E-state index < -0.39 is 23.2 Å². The Morgan fingerprint density at radius 1 is 0.875 bits per heavy atom. The third-order valence-corrected chi connectivity index (χ3v) is 15.6. The number of fused-ring (bicyclic) bond motifs is 1. The molecule has 0 radical (unpaired) electrons. The van der Waals surface area contributed by atoms with E-state index in [-0.39, 0.29) is 29.6 Å². The topological polar surface area (TPSA) is 54.0 Å². The summed E-state index contributed by atoms with van der Waals surface area (Å²) in [5, 5.41) is 0. The second-order valence-electron chi connectivity index (χ2n) is 8.33.